The topological polar surface area (TPSA) is 94.2 Å². The third kappa shape index (κ3) is 3.78. The molecule has 0 spiro atoms. The fraction of sp³-hybridized carbons (Fsp3) is 0.111. The van der Waals surface area contributed by atoms with Crippen molar-refractivity contribution < 1.29 is 14.3 Å². The number of carbonyl (C=O) groups is 1. The fourth-order valence-electron chi connectivity index (χ4n) is 2.68. The second-order valence-corrected chi connectivity index (χ2v) is 6.19. The predicted molar refractivity (Wildman–Crippen MR) is 99.7 cm³/mol. The summed E-state index contributed by atoms with van der Waals surface area (Å²) >= 11 is 5.81. The number of rotatable bonds is 4. The quantitative estimate of drug-likeness (QED) is 0.536. The highest BCUT2D eigenvalue weighted by Crippen LogP contribution is 2.24. The van der Waals surface area contributed by atoms with Gasteiger partial charge in [-0.1, -0.05) is 17.7 Å². The SMILES string of the molecule is C[C@H](Nc1cccc(NC(=O)O)c1)c1cc2cc(Cl)c(F)cc2[nH]c1=O. The number of pyridine rings is 1. The Kier molecular flexibility index (Phi) is 4.81. The average molecular weight is 376 g/mol. The van der Waals surface area contributed by atoms with Gasteiger partial charge in [-0.25, -0.2) is 9.18 Å². The van der Waals surface area contributed by atoms with Gasteiger partial charge < -0.3 is 15.4 Å². The first kappa shape index (κ1) is 17.8. The zero-order chi connectivity index (χ0) is 18.8. The molecule has 0 unspecified atom stereocenters. The lowest BCUT2D eigenvalue weighted by atomic mass is 10.1. The summed E-state index contributed by atoms with van der Waals surface area (Å²) in [6, 6.07) is 10.6. The van der Waals surface area contributed by atoms with Gasteiger partial charge in [0, 0.05) is 22.3 Å². The van der Waals surface area contributed by atoms with E-state index in [1.165, 1.54) is 12.1 Å². The lowest BCUT2D eigenvalue weighted by Gasteiger charge is -2.16. The second-order valence-electron chi connectivity index (χ2n) is 5.78. The first-order chi connectivity index (χ1) is 12.3. The Morgan fingerprint density at radius 1 is 1.23 bits per heavy atom. The van der Waals surface area contributed by atoms with E-state index in [0.29, 0.717) is 27.8 Å². The minimum absolute atomic E-state index is 0.0245. The minimum atomic E-state index is -1.16. The molecule has 0 saturated carbocycles. The van der Waals surface area contributed by atoms with Crippen LogP contribution in [0.3, 0.4) is 0 Å². The van der Waals surface area contributed by atoms with E-state index in [2.05, 4.69) is 15.6 Å². The molecule has 3 rings (SSSR count). The minimum Gasteiger partial charge on any atom is -0.465 e. The maximum atomic E-state index is 13.5. The lowest BCUT2D eigenvalue weighted by Crippen LogP contribution is -2.19. The Labute approximate surface area is 152 Å². The van der Waals surface area contributed by atoms with Crippen LogP contribution < -0.4 is 16.2 Å². The van der Waals surface area contributed by atoms with E-state index in [1.807, 2.05) is 0 Å². The molecular weight excluding hydrogens is 361 g/mol. The van der Waals surface area contributed by atoms with E-state index in [0.717, 1.165) is 0 Å². The summed E-state index contributed by atoms with van der Waals surface area (Å²) in [5.41, 5.74) is 1.50. The van der Waals surface area contributed by atoms with Crippen molar-refractivity contribution in [2.45, 2.75) is 13.0 Å². The molecule has 6 nitrogen and oxygen atoms in total. The number of hydrogen-bond donors (Lipinski definition) is 4. The summed E-state index contributed by atoms with van der Waals surface area (Å²) < 4.78 is 13.5. The lowest BCUT2D eigenvalue weighted by molar-refractivity contribution is 0.210. The van der Waals surface area contributed by atoms with Crippen LogP contribution in [0.2, 0.25) is 5.02 Å². The molecule has 1 aromatic heterocycles. The van der Waals surface area contributed by atoms with Crippen LogP contribution in [0.4, 0.5) is 20.6 Å². The number of anilines is 2. The van der Waals surface area contributed by atoms with Crippen molar-refractivity contribution in [3.05, 3.63) is 69.2 Å². The number of hydrogen-bond acceptors (Lipinski definition) is 3. The summed E-state index contributed by atoms with van der Waals surface area (Å²) in [6.45, 7) is 1.79. The van der Waals surface area contributed by atoms with Gasteiger partial charge in [-0.05, 0) is 43.3 Å². The van der Waals surface area contributed by atoms with Crippen molar-refractivity contribution in [3.63, 3.8) is 0 Å². The number of benzene rings is 2. The van der Waals surface area contributed by atoms with Crippen LogP contribution in [-0.4, -0.2) is 16.2 Å². The number of nitrogens with one attached hydrogen (secondary N) is 3. The molecule has 2 aromatic carbocycles. The highest BCUT2D eigenvalue weighted by molar-refractivity contribution is 6.31. The van der Waals surface area contributed by atoms with Crippen LogP contribution in [-0.2, 0) is 0 Å². The number of aromatic amines is 1. The largest absolute Gasteiger partial charge is 0.465 e. The number of aromatic nitrogens is 1. The van der Waals surface area contributed by atoms with Gasteiger partial charge in [0.25, 0.3) is 5.56 Å². The molecule has 134 valence electrons. The van der Waals surface area contributed by atoms with Gasteiger partial charge in [0.15, 0.2) is 0 Å². The van der Waals surface area contributed by atoms with E-state index >= 15 is 0 Å². The first-order valence-corrected chi connectivity index (χ1v) is 8.10. The molecule has 0 aliphatic carbocycles. The monoisotopic (exact) mass is 375 g/mol. The Morgan fingerprint density at radius 3 is 2.69 bits per heavy atom. The van der Waals surface area contributed by atoms with E-state index < -0.39 is 11.9 Å². The number of amides is 1. The summed E-state index contributed by atoms with van der Waals surface area (Å²) in [6.07, 6.45) is -1.16. The molecule has 1 amide bonds. The fourth-order valence-corrected chi connectivity index (χ4v) is 2.85. The molecule has 0 aliphatic heterocycles. The first-order valence-electron chi connectivity index (χ1n) is 7.72. The third-order valence-electron chi connectivity index (χ3n) is 3.88. The molecule has 1 heterocycles. The molecule has 0 radical (unpaired) electrons. The van der Waals surface area contributed by atoms with Gasteiger partial charge in [-0.2, -0.15) is 0 Å². The van der Waals surface area contributed by atoms with Crippen LogP contribution >= 0.6 is 11.6 Å². The van der Waals surface area contributed by atoms with Gasteiger partial charge >= 0.3 is 6.09 Å². The van der Waals surface area contributed by atoms with E-state index in [9.17, 15) is 14.0 Å². The highest BCUT2D eigenvalue weighted by Gasteiger charge is 2.13. The van der Waals surface area contributed by atoms with Crippen molar-refractivity contribution in [2.75, 3.05) is 10.6 Å². The molecule has 0 aliphatic rings. The van der Waals surface area contributed by atoms with Crippen molar-refractivity contribution in [3.8, 4) is 0 Å². The normalized spacial score (nSPS) is 12.0. The second kappa shape index (κ2) is 7.05. The van der Waals surface area contributed by atoms with Gasteiger partial charge in [0.2, 0.25) is 0 Å². The van der Waals surface area contributed by atoms with Crippen molar-refractivity contribution in [1.29, 1.82) is 0 Å². The molecule has 0 fully saturated rings. The predicted octanol–water partition coefficient (Wildman–Crippen LogP) is 4.58. The van der Waals surface area contributed by atoms with Crippen LogP contribution in [0.5, 0.6) is 0 Å². The molecule has 1 atom stereocenters. The molecule has 26 heavy (non-hydrogen) atoms. The molecule has 8 heteroatoms. The van der Waals surface area contributed by atoms with Gasteiger partial charge in [-0.15, -0.1) is 0 Å². The van der Waals surface area contributed by atoms with E-state index in [1.54, 1.807) is 37.3 Å². The Hall–Kier alpha value is -3.06. The number of fused-ring (bicyclic) bond motifs is 1. The highest BCUT2D eigenvalue weighted by atomic mass is 35.5. The molecule has 3 aromatic rings. The van der Waals surface area contributed by atoms with Crippen LogP contribution in [0, 0.1) is 5.82 Å². The van der Waals surface area contributed by atoms with Crippen LogP contribution in [0.25, 0.3) is 10.9 Å². The smallest absolute Gasteiger partial charge is 0.409 e. The van der Waals surface area contributed by atoms with Crippen LogP contribution in [0.15, 0.2) is 47.3 Å². The summed E-state index contributed by atoms with van der Waals surface area (Å²) in [5, 5.41) is 14.8. The Morgan fingerprint density at radius 2 is 1.96 bits per heavy atom. The summed E-state index contributed by atoms with van der Waals surface area (Å²) in [4.78, 5) is 25.7. The molecular formula is C18H15ClFN3O3. The molecule has 0 saturated heterocycles. The number of halogens is 2. The van der Waals surface area contributed by atoms with E-state index in [4.69, 9.17) is 16.7 Å². The number of carboxylic acid groups (broad SMARTS) is 1. The maximum Gasteiger partial charge on any atom is 0.409 e. The van der Waals surface area contributed by atoms with E-state index in [-0.39, 0.29) is 16.6 Å². The van der Waals surface area contributed by atoms with Gasteiger partial charge in [-0.3, -0.25) is 10.1 Å². The average Bonchev–Trinajstić information content (AvgIpc) is 2.55. The van der Waals surface area contributed by atoms with Crippen molar-refractivity contribution >= 4 is 40.0 Å². The third-order valence-corrected chi connectivity index (χ3v) is 4.17. The summed E-state index contributed by atoms with van der Waals surface area (Å²) in [7, 11) is 0. The zero-order valence-electron chi connectivity index (χ0n) is 13.6. The molecule has 4 N–H and O–H groups in total. The van der Waals surface area contributed by atoms with Gasteiger partial charge in [0.1, 0.15) is 5.82 Å². The summed E-state index contributed by atoms with van der Waals surface area (Å²) in [5.74, 6) is -0.600. The maximum absolute atomic E-state index is 13.5. The van der Waals surface area contributed by atoms with Gasteiger partial charge in [0.05, 0.1) is 16.6 Å². The number of H-pyrrole nitrogens is 1. The standard InChI is InChI=1S/C18H15ClFN3O3/c1-9(21-11-3-2-4-12(7-11)22-18(25)26)13-5-10-6-14(19)15(20)8-16(10)23-17(13)24/h2-9,21-22H,1H3,(H,23,24)(H,25,26)/t9-/m0/s1. The molecule has 0 bridgehead atoms. The Bertz CT molecular complexity index is 1050. The Balaban J connectivity index is 1.91. The van der Waals surface area contributed by atoms with Crippen molar-refractivity contribution in [1.82, 2.24) is 4.98 Å². The van der Waals surface area contributed by atoms with Crippen molar-refractivity contribution in [2.24, 2.45) is 0 Å². The van der Waals surface area contributed by atoms with Crippen LogP contribution in [0.1, 0.15) is 18.5 Å². The zero-order valence-corrected chi connectivity index (χ0v) is 14.4.